The monoisotopic (exact) mass is 362 g/mol. The van der Waals surface area contributed by atoms with Crippen molar-refractivity contribution in [1.29, 1.82) is 0 Å². The van der Waals surface area contributed by atoms with Crippen molar-refractivity contribution in [2.45, 2.75) is 45.3 Å². The van der Waals surface area contributed by atoms with Crippen molar-refractivity contribution in [2.75, 3.05) is 13.2 Å². The Balaban J connectivity index is 2.36. The number of carbonyl (C=O) groups is 2. The molecule has 0 bridgehead atoms. The number of carbonyl (C=O) groups excluding carboxylic acids is 2. The standard InChI is InChI=1S/C20H26O6/c1-12-5-4-6-13(2)10-17(26-20(24)15(11-22)7-8-21)18-14(3)19(23)25-16(18)9-12/h5,7,10,16-18,21-22H,3-4,6,8-9,11H2,1-2H3. The molecule has 0 aromatic carbocycles. The molecule has 1 heterocycles. The van der Waals surface area contributed by atoms with Gasteiger partial charge in [0.05, 0.1) is 24.7 Å². The van der Waals surface area contributed by atoms with Gasteiger partial charge in [-0.1, -0.05) is 23.8 Å². The van der Waals surface area contributed by atoms with E-state index in [-0.39, 0.29) is 17.8 Å². The molecule has 0 spiro atoms. The zero-order chi connectivity index (χ0) is 19.3. The van der Waals surface area contributed by atoms with Crippen LogP contribution in [0.3, 0.4) is 0 Å². The quantitative estimate of drug-likeness (QED) is 0.451. The van der Waals surface area contributed by atoms with Crippen LogP contribution in [0.5, 0.6) is 0 Å². The van der Waals surface area contributed by atoms with Crippen LogP contribution in [0.25, 0.3) is 0 Å². The summed E-state index contributed by atoms with van der Waals surface area (Å²) in [6, 6.07) is 0. The number of fused-ring (bicyclic) bond motifs is 1. The number of aliphatic hydroxyl groups is 2. The lowest BCUT2D eigenvalue weighted by atomic mass is 9.85. The second-order valence-corrected chi connectivity index (χ2v) is 6.74. The fourth-order valence-corrected chi connectivity index (χ4v) is 3.27. The fraction of sp³-hybridized carbons (Fsp3) is 0.500. The van der Waals surface area contributed by atoms with E-state index in [0.29, 0.717) is 6.42 Å². The topological polar surface area (TPSA) is 93.1 Å². The predicted octanol–water partition coefficient (Wildman–Crippen LogP) is 1.98. The van der Waals surface area contributed by atoms with Crippen LogP contribution in [0.2, 0.25) is 0 Å². The average Bonchev–Trinajstić information content (AvgIpc) is 2.85. The predicted molar refractivity (Wildman–Crippen MR) is 96.0 cm³/mol. The van der Waals surface area contributed by atoms with E-state index in [0.717, 1.165) is 24.0 Å². The SMILES string of the molecule is C=C1C(=O)OC2CC(C)=CCCC(C)=CC(OC(=O)C(=CCO)CO)C12. The summed E-state index contributed by atoms with van der Waals surface area (Å²) in [5, 5.41) is 18.3. The van der Waals surface area contributed by atoms with E-state index >= 15 is 0 Å². The third-order valence-corrected chi connectivity index (χ3v) is 4.69. The Kier molecular flexibility index (Phi) is 6.94. The molecule has 6 heteroatoms. The zero-order valence-corrected chi connectivity index (χ0v) is 15.2. The van der Waals surface area contributed by atoms with E-state index in [4.69, 9.17) is 14.6 Å². The summed E-state index contributed by atoms with van der Waals surface area (Å²) in [6.45, 7) is 6.85. The summed E-state index contributed by atoms with van der Waals surface area (Å²) in [7, 11) is 0. The van der Waals surface area contributed by atoms with Gasteiger partial charge in [-0.05, 0) is 38.8 Å². The first-order valence-electron chi connectivity index (χ1n) is 8.71. The van der Waals surface area contributed by atoms with Crippen molar-refractivity contribution in [2.24, 2.45) is 5.92 Å². The van der Waals surface area contributed by atoms with E-state index in [1.165, 1.54) is 6.08 Å². The van der Waals surface area contributed by atoms with E-state index in [9.17, 15) is 14.7 Å². The lowest BCUT2D eigenvalue weighted by Crippen LogP contribution is -2.33. The molecular weight excluding hydrogens is 336 g/mol. The third kappa shape index (κ3) is 4.71. The normalized spacial score (nSPS) is 27.2. The molecule has 3 atom stereocenters. The maximum Gasteiger partial charge on any atom is 0.336 e. The average molecular weight is 362 g/mol. The Hall–Kier alpha value is -2.18. The van der Waals surface area contributed by atoms with E-state index in [2.05, 4.69) is 12.7 Å². The van der Waals surface area contributed by atoms with Crippen molar-refractivity contribution in [3.8, 4) is 0 Å². The highest BCUT2D eigenvalue weighted by molar-refractivity contribution is 5.92. The van der Waals surface area contributed by atoms with Gasteiger partial charge in [-0.3, -0.25) is 0 Å². The Bertz CT molecular complexity index is 670. The first-order valence-corrected chi connectivity index (χ1v) is 8.71. The van der Waals surface area contributed by atoms with Crippen molar-refractivity contribution >= 4 is 11.9 Å². The smallest absolute Gasteiger partial charge is 0.336 e. The van der Waals surface area contributed by atoms with Crippen LogP contribution in [-0.2, 0) is 19.1 Å². The first kappa shape index (κ1) is 20.1. The molecule has 2 rings (SSSR count). The first-order chi connectivity index (χ1) is 12.4. The Labute approximate surface area is 153 Å². The number of ether oxygens (including phenoxy) is 2. The number of aliphatic hydroxyl groups excluding tert-OH is 2. The van der Waals surface area contributed by atoms with Crippen molar-refractivity contribution in [3.63, 3.8) is 0 Å². The fourth-order valence-electron chi connectivity index (χ4n) is 3.27. The minimum Gasteiger partial charge on any atom is -0.458 e. The minimum absolute atomic E-state index is 0.0286. The van der Waals surface area contributed by atoms with Crippen LogP contribution >= 0.6 is 0 Å². The molecule has 1 saturated heterocycles. The third-order valence-electron chi connectivity index (χ3n) is 4.69. The molecule has 6 nitrogen and oxygen atoms in total. The van der Waals surface area contributed by atoms with Gasteiger partial charge in [-0.15, -0.1) is 0 Å². The van der Waals surface area contributed by atoms with E-state index in [1.54, 1.807) is 0 Å². The molecule has 3 unspecified atom stereocenters. The van der Waals surface area contributed by atoms with Crippen molar-refractivity contribution in [3.05, 3.63) is 47.1 Å². The highest BCUT2D eigenvalue weighted by Crippen LogP contribution is 2.36. The van der Waals surface area contributed by atoms with Gasteiger partial charge in [0.15, 0.2) is 0 Å². The van der Waals surface area contributed by atoms with Gasteiger partial charge >= 0.3 is 11.9 Å². The van der Waals surface area contributed by atoms with Gasteiger partial charge < -0.3 is 19.7 Å². The highest BCUT2D eigenvalue weighted by Gasteiger charge is 2.44. The van der Waals surface area contributed by atoms with Crippen molar-refractivity contribution in [1.82, 2.24) is 0 Å². The number of allylic oxidation sites excluding steroid dienone is 2. The van der Waals surface area contributed by atoms with Crippen LogP contribution in [-0.4, -0.2) is 47.6 Å². The molecule has 0 saturated carbocycles. The van der Waals surface area contributed by atoms with Gasteiger partial charge in [0, 0.05) is 12.0 Å². The zero-order valence-electron chi connectivity index (χ0n) is 15.2. The number of hydrogen-bond donors (Lipinski definition) is 2. The molecule has 26 heavy (non-hydrogen) atoms. The summed E-state index contributed by atoms with van der Waals surface area (Å²) < 4.78 is 11.1. The summed E-state index contributed by atoms with van der Waals surface area (Å²) in [6.07, 6.45) is 6.19. The van der Waals surface area contributed by atoms with E-state index < -0.39 is 36.7 Å². The molecule has 1 aliphatic carbocycles. The summed E-state index contributed by atoms with van der Waals surface area (Å²) in [4.78, 5) is 24.4. The molecule has 0 aromatic heterocycles. The largest absolute Gasteiger partial charge is 0.458 e. The second-order valence-electron chi connectivity index (χ2n) is 6.74. The maximum atomic E-state index is 12.4. The van der Waals surface area contributed by atoms with Crippen molar-refractivity contribution < 1.29 is 29.3 Å². The molecular formula is C20H26O6. The molecule has 2 aliphatic rings. The van der Waals surface area contributed by atoms with Crippen LogP contribution in [0.15, 0.2) is 47.1 Å². The Morgan fingerprint density at radius 1 is 1.38 bits per heavy atom. The minimum atomic E-state index is -0.731. The summed E-state index contributed by atoms with van der Waals surface area (Å²) >= 11 is 0. The Morgan fingerprint density at radius 3 is 2.77 bits per heavy atom. The molecule has 1 fully saturated rings. The van der Waals surface area contributed by atoms with Crippen LogP contribution in [0.1, 0.15) is 33.1 Å². The molecule has 2 N–H and O–H groups in total. The summed E-state index contributed by atoms with van der Waals surface area (Å²) in [5.74, 6) is -1.70. The number of rotatable bonds is 4. The highest BCUT2D eigenvalue weighted by atomic mass is 16.6. The lowest BCUT2D eigenvalue weighted by molar-refractivity contribution is -0.145. The van der Waals surface area contributed by atoms with Gasteiger partial charge in [0.1, 0.15) is 12.2 Å². The van der Waals surface area contributed by atoms with Gasteiger partial charge in [0.2, 0.25) is 0 Å². The van der Waals surface area contributed by atoms with Crippen LogP contribution in [0.4, 0.5) is 0 Å². The Morgan fingerprint density at radius 2 is 2.12 bits per heavy atom. The maximum absolute atomic E-state index is 12.4. The van der Waals surface area contributed by atoms with Gasteiger partial charge in [-0.2, -0.15) is 0 Å². The van der Waals surface area contributed by atoms with E-state index in [1.807, 2.05) is 19.9 Å². The molecule has 1 aliphatic heterocycles. The molecule has 0 amide bonds. The second kappa shape index (κ2) is 8.96. The molecule has 0 radical (unpaired) electrons. The lowest BCUT2D eigenvalue weighted by Gasteiger charge is -2.26. The summed E-state index contributed by atoms with van der Waals surface area (Å²) in [5.41, 5.74) is 2.39. The van der Waals surface area contributed by atoms with Gasteiger partial charge in [0.25, 0.3) is 0 Å². The molecule has 0 aromatic rings. The van der Waals surface area contributed by atoms with Crippen LogP contribution < -0.4 is 0 Å². The number of hydrogen-bond acceptors (Lipinski definition) is 6. The number of esters is 2. The van der Waals surface area contributed by atoms with Crippen LogP contribution in [0, 0.1) is 5.92 Å². The van der Waals surface area contributed by atoms with Gasteiger partial charge in [-0.25, -0.2) is 9.59 Å². The molecule has 142 valence electrons.